The van der Waals surface area contributed by atoms with Crippen molar-refractivity contribution in [3.8, 4) is 0 Å². The van der Waals surface area contributed by atoms with Crippen LogP contribution in [0.2, 0.25) is 10.0 Å². The topological polar surface area (TPSA) is 32.7 Å². The summed E-state index contributed by atoms with van der Waals surface area (Å²) >= 11 is 12.2. The molecule has 3 unspecified atom stereocenters. The van der Waals surface area contributed by atoms with Crippen LogP contribution >= 0.6 is 23.2 Å². The van der Waals surface area contributed by atoms with Gasteiger partial charge in [-0.2, -0.15) is 0 Å². The lowest BCUT2D eigenvalue weighted by Gasteiger charge is -2.38. The highest BCUT2D eigenvalue weighted by atomic mass is 35.5. The van der Waals surface area contributed by atoms with Crippen molar-refractivity contribution < 1.29 is 9.84 Å². The van der Waals surface area contributed by atoms with Crippen LogP contribution in [0.5, 0.6) is 0 Å². The number of ether oxygens (including phenoxy) is 1. The Kier molecular flexibility index (Phi) is 5.07. The summed E-state index contributed by atoms with van der Waals surface area (Å²) in [6, 6.07) is 5.94. The molecule has 1 aromatic carbocycles. The average Bonchev–Trinajstić information content (AvgIpc) is 2.96. The standard InChI is InChI=1S/C16H21Cl2NO2/c17-12-4-1-3-11(16(12)18)14(20)7-8-19-9-10-21-15-6-2-5-13(15)19/h1,3-4,13-15,20H,2,5-10H2. The van der Waals surface area contributed by atoms with Crippen LogP contribution in [-0.2, 0) is 4.74 Å². The van der Waals surface area contributed by atoms with Crippen LogP contribution in [0, 0.1) is 0 Å². The maximum Gasteiger partial charge on any atom is 0.0817 e. The van der Waals surface area contributed by atoms with E-state index in [0.29, 0.717) is 28.6 Å². The summed E-state index contributed by atoms with van der Waals surface area (Å²) in [6.45, 7) is 2.63. The molecule has 0 amide bonds. The number of aliphatic hydroxyl groups excluding tert-OH is 1. The van der Waals surface area contributed by atoms with E-state index in [1.54, 1.807) is 6.07 Å². The van der Waals surface area contributed by atoms with E-state index in [1.165, 1.54) is 19.3 Å². The number of benzene rings is 1. The maximum absolute atomic E-state index is 10.4. The molecule has 1 saturated heterocycles. The van der Waals surface area contributed by atoms with Gasteiger partial charge < -0.3 is 9.84 Å². The van der Waals surface area contributed by atoms with E-state index in [1.807, 2.05) is 12.1 Å². The zero-order chi connectivity index (χ0) is 14.8. The monoisotopic (exact) mass is 329 g/mol. The van der Waals surface area contributed by atoms with Crippen molar-refractivity contribution in [2.24, 2.45) is 0 Å². The van der Waals surface area contributed by atoms with Crippen LogP contribution in [0.25, 0.3) is 0 Å². The normalized spacial score (nSPS) is 27.6. The van der Waals surface area contributed by atoms with Crippen molar-refractivity contribution in [1.29, 1.82) is 0 Å². The molecule has 21 heavy (non-hydrogen) atoms. The second kappa shape index (κ2) is 6.84. The summed E-state index contributed by atoms with van der Waals surface area (Å²) in [5.74, 6) is 0. The van der Waals surface area contributed by atoms with Crippen molar-refractivity contribution in [3.63, 3.8) is 0 Å². The van der Waals surface area contributed by atoms with Gasteiger partial charge in [0, 0.05) is 24.7 Å². The lowest BCUT2D eigenvalue weighted by Crippen LogP contribution is -2.48. The Hall–Kier alpha value is -0.320. The van der Waals surface area contributed by atoms with Gasteiger partial charge in [-0.1, -0.05) is 35.3 Å². The molecule has 0 radical (unpaired) electrons. The van der Waals surface area contributed by atoms with E-state index in [-0.39, 0.29) is 0 Å². The Morgan fingerprint density at radius 3 is 3.05 bits per heavy atom. The third-order valence-corrected chi connectivity index (χ3v) is 5.46. The molecule has 5 heteroatoms. The molecule has 3 atom stereocenters. The van der Waals surface area contributed by atoms with Crippen LogP contribution in [-0.4, -0.2) is 41.8 Å². The Labute approximate surface area is 135 Å². The minimum atomic E-state index is -0.570. The van der Waals surface area contributed by atoms with Gasteiger partial charge in [0.1, 0.15) is 0 Å². The first-order valence-electron chi connectivity index (χ1n) is 7.64. The number of aliphatic hydroxyl groups is 1. The first-order chi connectivity index (χ1) is 10.2. The molecule has 0 spiro atoms. The summed E-state index contributed by atoms with van der Waals surface area (Å²) in [5, 5.41) is 11.4. The Bertz CT molecular complexity index is 497. The van der Waals surface area contributed by atoms with Gasteiger partial charge in [-0.25, -0.2) is 0 Å². The Morgan fingerprint density at radius 1 is 1.33 bits per heavy atom. The number of halogens is 2. The van der Waals surface area contributed by atoms with E-state index in [4.69, 9.17) is 27.9 Å². The highest BCUT2D eigenvalue weighted by molar-refractivity contribution is 6.42. The van der Waals surface area contributed by atoms with Gasteiger partial charge >= 0.3 is 0 Å². The summed E-state index contributed by atoms with van der Waals surface area (Å²) in [6.07, 6.45) is 4.12. The first-order valence-corrected chi connectivity index (χ1v) is 8.40. The van der Waals surface area contributed by atoms with Gasteiger partial charge in [0.2, 0.25) is 0 Å². The molecule has 1 heterocycles. The van der Waals surface area contributed by atoms with Crippen molar-refractivity contribution in [2.75, 3.05) is 19.7 Å². The summed E-state index contributed by atoms with van der Waals surface area (Å²) in [5.41, 5.74) is 0.723. The molecular formula is C16H21Cl2NO2. The fourth-order valence-electron chi connectivity index (χ4n) is 3.50. The van der Waals surface area contributed by atoms with Crippen molar-refractivity contribution in [2.45, 2.75) is 43.9 Å². The van der Waals surface area contributed by atoms with Crippen LogP contribution in [0.3, 0.4) is 0 Å². The molecule has 3 rings (SSSR count). The van der Waals surface area contributed by atoms with E-state index in [2.05, 4.69) is 4.90 Å². The molecule has 3 nitrogen and oxygen atoms in total. The predicted octanol–water partition coefficient (Wildman–Crippen LogP) is 3.67. The van der Waals surface area contributed by atoms with Crippen LogP contribution < -0.4 is 0 Å². The molecule has 1 aliphatic heterocycles. The minimum absolute atomic E-state index is 0.394. The summed E-state index contributed by atoms with van der Waals surface area (Å²) in [4.78, 5) is 2.46. The molecule has 1 N–H and O–H groups in total. The third-order valence-electron chi connectivity index (χ3n) is 4.63. The fourth-order valence-corrected chi connectivity index (χ4v) is 3.94. The SMILES string of the molecule is OC(CCN1CCOC2CCCC21)c1cccc(Cl)c1Cl. The van der Waals surface area contributed by atoms with E-state index >= 15 is 0 Å². The smallest absolute Gasteiger partial charge is 0.0817 e. The Balaban J connectivity index is 1.60. The number of nitrogens with zero attached hydrogens (tertiary/aromatic N) is 1. The highest BCUT2D eigenvalue weighted by Gasteiger charge is 2.35. The maximum atomic E-state index is 10.4. The lowest BCUT2D eigenvalue weighted by atomic mass is 10.0. The van der Waals surface area contributed by atoms with Crippen molar-refractivity contribution in [1.82, 2.24) is 4.90 Å². The van der Waals surface area contributed by atoms with Crippen molar-refractivity contribution >= 4 is 23.2 Å². The van der Waals surface area contributed by atoms with E-state index in [9.17, 15) is 5.11 Å². The lowest BCUT2D eigenvalue weighted by molar-refractivity contribution is -0.0587. The fraction of sp³-hybridized carbons (Fsp3) is 0.625. The minimum Gasteiger partial charge on any atom is -0.388 e. The van der Waals surface area contributed by atoms with Crippen LogP contribution in [0.4, 0.5) is 0 Å². The molecule has 0 aromatic heterocycles. The van der Waals surface area contributed by atoms with Crippen LogP contribution in [0.1, 0.15) is 37.4 Å². The molecule has 1 aromatic rings. The van der Waals surface area contributed by atoms with Gasteiger partial charge in [0.05, 0.1) is 28.9 Å². The number of hydrogen-bond acceptors (Lipinski definition) is 3. The van der Waals surface area contributed by atoms with Gasteiger partial charge in [-0.15, -0.1) is 0 Å². The van der Waals surface area contributed by atoms with Crippen molar-refractivity contribution in [3.05, 3.63) is 33.8 Å². The van der Waals surface area contributed by atoms with Gasteiger partial charge in [-0.05, 0) is 31.7 Å². The number of hydrogen-bond donors (Lipinski definition) is 1. The summed E-state index contributed by atoms with van der Waals surface area (Å²) < 4.78 is 5.82. The number of morpholine rings is 1. The molecule has 0 bridgehead atoms. The molecular weight excluding hydrogens is 309 g/mol. The Morgan fingerprint density at radius 2 is 2.19 bits per heavy atom. The van der Waals surface area contributed by atoms with Gasteiger partial charge in [-0.3, -0.25) is 4.90 Å². The summed E-state index contributed by atoms with van der Waals surface area (Å²) in [7, 11) is 0. The average molecular weight is 330 g/mol. The second-order valence-electron chi connectivity index (χ2n) is 5.89. The number of fused-ring (bicyclic) bond motifs is 1. The van der Waals surface area contributed by atoms with Gasteiger partial charge in [0.25, 0.3) is 0 Å². The van der Waals surface area contributed by atoms with Gasteiger partial charge in [0.15, 0.2) is 0 Å². The zero-order valence-electron chi connectivity index (χ0n) is 12.0. The molecule has 2 aliphatic rings. The van der Waals surface area contributed by atoms with E-state index < -0.39 is 6.10 Å². The molecule has 1 aliphatic carbocycles. The van der Waals surface area contributed by atoms with Crippen LogP contribution in [0.15, 0.2) is 18.2 Å². The molecule has 116 valence electrons. The highest BCUT2D eigenvalue weighted by Crippen LogP contribution is 2.33. The number of rotatable bonds is 4. The molecule has 1 saturated carbocycles. The quantitative estimate of drug-likeness (QED) is 0.914. The zero-order valence-corrected chi connectivity index (χ0v) is 13.5. The molecule has 2 fully saturated rings. The largest absolute Gasteiger partial charge is 0.388 e. The van der Waals surface area contributed by atoms with E-state index in [0.717, 1.165) is 25.3 Å². The predicted molar refractivity (Wildman–Crippen MR) is 85.0 cm³/mol. The third kappa shape index (κ3) is 3.38. The second-order valence-corrected chi connectivity index (χ2v) is 6.68. The first kappa shape index (κ1) is 15.6.